The number of likely N-dealkylation sites (tertiary alicyclic amines) is 1. The first-order valence-electron chi connectivity index (χ1n) is 11.8. The third kappa shape index (κ3) is 4.67. The third-order valence-corrected chi connectivity index (χ3v) is 7.68. The highest BCUT2D eigenvalue weighted by molar-refractivity contribution is 5.79. The number of hydrogen-bond acceptors (Lipinski definition) is 2. The largest absolute Gasteiger partial charge is 0.355 e. The Bertz CT molecular complexity index is 696. The first kappa shape index (κ1) is 20.4. The van der Waals surface area contributed by atoms with Crippen molar-refractivity contribution in [1.82, 2.24) is 10.2 Å². The van der Waals surface area contributed by atoms with E-state index >= 15 is 0 Å². The van der Waals surface area contributed by atoms with E-state index in [1.165, 1.54) is 44.1 Å². The lowest BCUT2D eigenvalue weighted by Crippen LogP contribution is -2.49. The minimum atomic E-state index is 0.0918. The van der Waals surface area contributed by atoms with E-state index in [-0.39, 0.29) is 17.2 Å². The Hall–Kier alpha value is -1.84. The van der Waals surface area contributed by atoms with Gasteiger partial charge in [0.25, 0.3) is 0 Å². The fourth-order valence-electron chi connectivity index (χ4n) is 5.80. The van der Waals surface area contributed by atoms with Crippen LogP contribution in [0.4, 0.5) is 0 Å². The van der Waals surface area contributed by atoms with Crippen molar-refractivity contribution in [3.05, 3.63) is 35.9 Å². The summed E-state index contributed by atoms with van der Waals surface area (Å²) in [5.41, 5.74) is 1.46. The predicted octanol–water partition coefficient (Wildman–Crippen LogP) is 4.58. The molecule has 2 saturated carbocycles. The lowest BCUT2D eigenvalue weighted by molar-refractivity contribution is -0.137. The number of rotatable bonds is 7. The quantitative estimate of drug-likeness (QED) is 0.734. The average molecular weight is 397 g/mol. The molecule has 2 atom stereocenters. The van der Waals surface area contributed by atoms with Gasteiger partial charge in [0.15, 0.2) is 0 Å². The van der Waals surface area contributed by atoms with Crippen LogP contribution in [-0.4, -0.2) is 35.8 Å². The SMILES string of the molecule is O=C(CCCC(=O)N1CCCC2CCCCC21)NCC1(c2ccccc2)CCC1. The van der Waals surface area contributed by atoms with E-state index in [1.54, 1.807) is 0 Å². The van der Waals surface area contributed by atoms with Crippen molar-refractivity contribution >= 4 is 11.8 Å². The van der Waals surface area contributed by atoms with Gasteiger partial charge in [-0.15, -0.1) is 0 Å². The molecule has 1 saturated heterocycles. The molecule has 0 spiro atoms. The average Bonchev–Trinajstić information content (AvgIpc) is 2.73. The van der Waals surface area contributed by atoms with Crippen LogP contribution in [0.25, 0.3) is 0 Å². The van der Waals surface area contributed by atoms with Crippen LogP contribution >= 0.6 is 0 Å². The zero-order valence-corrected chi connectivity index (χ0v) is 17.7. The van der Waals surface area contributed by atoms with E-state index in [9.17, 15) is 9.59 Å². The first-order chi connectivity index (χ1) is 14.2. The summed E-state index contributed by atoms with van der Waals surface area (Å²) >= 11 is 0. The molecule has 4 nitrogen and oxygen atoms in total. The van der Waals surface area contributed by atoms with Gasteiger partial charge in [0.2, 0.25) is 11.8 Å². The van der Waals surface area contributed by atoms with Gasteiger partial charge >= 0.3 is 0 Å². The summed E-state index contributed by atoms with van der Waals surface area (Å²) in [6.45, 7) is 1.64. The molecule has 158 valence electrons. The van der Waals surface area contributed by atoms with Crippen LogP contribution < -0.4 is 5.32 Å². The van der Waals surface area contributed by atoms with Crippen LogP contribution in [0.15, 0.2) is 30.3 Å². The van der Waals surface area contributed by atoms with Crippen molar-refractivity contribution in [3.8, 4) is 0 Å². The standard InChI is InChI=1S/C25H36N2O2/c28-23(26-19-25(16-8-17-25)21-11-2-1-3-12-21)14-6-15-24(29)27-18-7-10-20-9-4-5-13-22(20)27/h1-3,11-12,20,22H,4-10,13-19H2,(H,26,28). The molecule has 0 radical (unpaired) electrons. The summed E-state index contributed by atoms with van der Waals surface area (Å²) in [5.74, 6) is 1.09. The van der Waals surface area contributed by atoms with Crippen molar-refractivity contribution in [1.29, 1.82) is 0 Å². The Balaban J connectivity index is 1.20. The highest BCUT2D eigenvalue weighted by atomic mass is 16.2. The number of carbonyl (C=O) groups excluding carboxylic acids is 2. The summed E-state index contributed by atoms with van der Waals surface area (Å²) in [5, 5.41) is 3.16. The number of piperidine rings is 1. The molecular formula is C25H36N2O2. The lowest BCUT2D eigenvalue weighted by Gasteiger charge is -2.44. The predicted molar refractivity (Wildman–Crippen MR) is 116 cm³/mol. The van der Waals surface area contributed by atoms with Gasteiger partial charge in [-0.3, -0.25) is 9.59 Å². The second-order valence-electron chi connectivity index (χ2n) is 9.47. The molecular weight excluding hydrogens is 360 g/mol. The van der Waals surface area contributed by atoms with Gasteiger partial charge in [0, 0.05) is 37.4 Å². The number of fused-ring (bicyclic) bond motifs is 1. The summed E-state index contributed by atoms with van der Waals surface area (Å²) in [7, 11) is 0. The summed E-state index contributed by atoms with van der Waals surface area (Å²) in [6.07, 6.45) is 12.7. The smallest absolute Gasteiger partial charge is 0.222 e. The van der Waals surface area contributed by atoms with E-state index in [4.69, 9.17) is 0 Å². The molecule has 1 N–H and O–H groups in total. The highest BCUT2D eigenvalue weighted by Gasteiger charge is 2.39. The van der Waals surface area contributed by atoms with Crippen molar-refractivity contribution < 1.29 is 9.59 Å². The fraction of sp³-hybridized carbons (Fsp3) is 0.680. The molecule has 4 rings (SSSR count). The Morgan fingerprint density at radius 2 is 1.72 bits per heavy atom. The summed E-state index contributed by atoms with van der Waals surface area (Å²) in [4.78, 5) is 27.4. The highest BCUT2D eigenvalue weighted by Crippen LogP contribution is 2.43. The van der Waals surface area contributed by atoms with Crippen LogP contribution in [0.5, 0.6) is 0 Å². The molecule has 0 bridgehead atoms. The molecule has 1 aromatic carbocycles. The fourth-order valence-corrected chi connectivity index (χ4v) is 5.80. The van der Waals surface area contributed by atoms with Crippen molar-refractivity contribution in [2.45, 2.75) is 88.5 Å². The molecule has 2 unspecified atom stereocenters. The molecule has 1 aliphatic heterocycles. The first-order valence-corrected chi connectivity index (χ1v) is 11.8. The summed E-state index contributed by atoms with van der Waals surface area (Å²) in [6, 6.07) is 11.1. The number of carbonyl (C=O) groups is 2. The zero-order chi connectivity index (χ0) is 20.1. The summed E-state index contributed by atoms with van der Waals surface area (Å²) < 4.78 is 0. The maximum atomic E-state index is 12.8. The van der Waals surface area contributed by atoms with Gasteiger partial charge in [0.05, 0.1) is 0 Å². The third-order valence-electron chi connectivity index (χ3n) is 7.68. The molecule has 1 aromatic rings. The van der Waals surface area contributed by atoms with Crippen molar-refractivity contribution in [3.63, 3.8) is 0 Å². The van der Waals surface area contributed by atoms with Gasteiger partial charge in [-0.2, -0.15) is 0 Å². The molecule has 3 fully saturated rings. The van der Waals surface area contributed by atoms with Crippen LogP contribution in [0.3, 0.4) is 0 Å². The van der Waals surface area contributed by atoms with Gasteiger partial charge in [-0.05, 0) is 56.4 Å². The lowest BCUT2D eigenvalue weighted by atomic mass is 9.64. The van der Waals surface area contributed by atoms with Gasteiger partial charge < -0.3 is 10.2 Å². The van der Waals surface area contributed by atoms with E-state index in [0.717, 1.165) is 38.3 Å². The van der Waals surface area contributed by atoms with Crippen LogP contribution in [-0.2, 0) is 15.0 Å². The van der Waals surface area contributed by atoms with E-state index in [1.807, 2.05) is 6.07 Å². The molecule has 29 heavy (non-hydrogen) atoms. The maximum absolute atomic E-state index is 12.8. The van der Waals surface area contributed by atoms with Crippen LogP contribution in [0.2, 0.25) is 0 Å². The van der Waals surface area contributed by atoms with E-state index in [2.05, 4.69) is 34.5 Å². The Morgan fingerprint density at radius 1 is 0.966 bits per heavy atom. The number of nitrogens with one attached hydrogen (secondary N) is 1. The second-order valence-corrected chi connectivity index (χ2v) is 9.47. The van der Waals surface area contributed by atoms with Crippen LogP contribution in [0, 0.1) is 5.92 Å². The van der Waals surface area contributed by atoms with Crippen LogP contribution in [0.1, 0.15) is 82.6 Å². The van der Waals surface area contributed by atoms with Crippen molar-refractivity contribution in [2.24, 2.45) is 5.92 Å². The molecule has 2 aliphatic carbocycles. The normalized spacial score (nSPS) is 25.6. The second kappa shape index (κ2) is 9.32. The molecule has 0 aromatic heterocycles. The number of amides is 2. The van der Waals surface area contributed by atoms with Gasteiger partial charge in [-0.25, -0.2) is 0 Å². The van der Waals surface area contributed by atoms with E-state index < -0.39 is 0 Å². The minimum Gasteiger partial charge on any atom is -0.355 e. The Morgan fingerprint density at radius 3 is 2.48 bits per heavy atom. The van der Waals surface area contributed by atoms with Crippen molar-refractivity contribution in [2.75, 3.05) is 13.1 Å². The monoisotopic (exact) mass is 396 g/mol. The molecule has 1 heterocycles. The Labute approximate surface area is 175 Å². The number of nitrogens with zero attached hydrogens (tertiary/aromatic N) is 1. The topological polar surface area (TPSA) is 49.4 Å². The number of benzene rings is 1. The minimum absolute atomic E-state index is 0.0918. The van der Waals surface area contributed by atoms with E-state index in [0.29, 0.717) is 25.3 Å². The zero-order valence-electron chi connectivity index (χ0n) is 17.7. The number of hydrogen-bond donors (Lipinski definition) is 1. The van der Waals surface area contributed by atoms with Gasteiger partial charge in [-0.1, -0.05) is 49.6 Å². The Kier molecular flexibility index (Phi) is 6.56. The molecule has 4 heteroatoms. The maximum Gasteiger partial charge on any atom is 0.222 e. The molecule has 2 amide bonds. The molecule has 3 aliphatic rings. The van der Waals surface area contributed by atoms with Gasteiger partial charge in [0.1, 0.15) is 0 Å².